The van der Waals surface area contributed by atoms with Crippen molar-refractivity contribution < 1.29 is 0 Å². The largest absolute Gasteiger partial charge is 0.302 e. The predicted octanol–water partition coefficient (Wildman–Crippen LogP) is 2.66. The Bertz CT molecular complexity index is 240. The lowest BCUT2D eigenvalue weighted by Gasteiger charge is -2.47. The minimum absolute atomic E-state index is 0.292. The summed E-state index contributed by atoms with van der Waals surface area (Å²) in [6, 6.07) is 0.468. The highest BCUT2D eigenvalue weighted by molar-refractivity contribution is 5.00. The fourth-order valence-corrected chi connectivity index (χ4v) is 3.95. The quantitative estimate of drug-likeness (QED) is 0.450. The molecule has 0 amide bonds. The van der Waals surface area contributed by atoms with Crippen LogP contribution in [0, 0.1) is 5.92 Å². The van der Waals surface area contributed by atoms with Crippen molar-refractivity contribution in [1.82, 2.24) is 10.3 Å². The van der Waals surface area contributed by atoms with Crippen molar-refractivity contribution in [1.29, 1.82) is 0 Å². The first-order chi connectivity index (χ1) is 8.69. The molecule has 0 aliphatic heterocycles. The van der Waals surface area contributed by atoms with Gasteiger partial charge in [0.05, 0.1) is 0 Å². The smallest absolute Gasteiger partial charge is 0.0397 e. The molecule has 18 heavy (non-hydrogen) atoms. The Morgan fingerprint density at radius 3 is 2.11 bits per heavy atom. The van der Waals surface area contributed by atoms with Crippen LogP contribution in [0.5, 0.6) is 0 Å². The zero-order valence-electron chi connectivity index (χ0n) is 12.3. The summed E-state index contributed by atoms with van der Waals surface area (Å²) >= 11 is 0. The summed E-state index contributed by atoms with van der Waals surface area (Å²) in [4.78, 5) is 2.46. The highest BCUT2D eigenvalue weighted by Crippen LogP contribution is 2.39. The Labute approximate surface area is 112 Å². The van der Waals surface area contributed by atoms with Gasteiger partial charge in [0.25, 0.3) is 0 Å². The number of hydrogen-bond acceptors (Lipinski definition) is 3. The maximum atomic E-state index is 5.93. The van der Waals surface area contributed by atoms with E-state index in [0.717, 1.165) is 5.92 Å². The van der Waals surface area contributed by atoms with Crippen molar-refractivity contribution in [3.63, 3.8) is 0 Å². The van der Waals surface area contributed by atoms with Crippen LogP contribution < -0.4 is 11.3 Å². The van der Waals surface area contributed by atoms with Gasteiger partial charge >= 0.3 is 0 Å². The Morgan fingerprint density at radius 2 is 1.72 bits per heavy atom. The monoisotopic (exact) mass is 253 g/mol. The second-order valence-electron chi connectivity index (χ2n) is 6.66. The lowest BCUT2D eigenvalue weighted by molar-refractivity contribution is 0.0604. The zero-order valence-corrected chi connectivity index (χ0v) is 12.3. The average molecular weight is 253 g/mol. The van der Waals surface area contributed by atoms with Crippen LogP contribution in [0.3, 0.4) is 0 Å². The first-order valence-electron chi connectivity index (χ1n) is 7.82. The van der Waals surface area contributed by atoms with Gasteiger partial charge in [0.15, 0.2) is 0 Å². The minimum atomic E-state index is 0.292. The summed E-state index contributed by atoms with van der Waals surface area (Å²) in [5.41, 5.74) is 3.47. The number of hydrazine groups is 1. The molecule has 2 rings (SSSR count). The van der Waals surface area contributed by atoms with Gasteiger partial charge in [-0.1, -0.05) is 44.9 Å². The van der Waals surface area contributed by atoms with Gasteiger partial charge in [-0.15, -0.1) is 0 Å². The fraction of sp³-hybridized carbons (Fsp3) is 1.00. The van der Waals surface area contributed by atoms with E-state index in [-0.39, 0.29) is 0 Å². The van der Waals surface area contributed by atoms with Crippen LogP contribution in [0.4, 0.5) is 0 Å². The summed E-state index contributed by atoms with van der Waals surface area (Å²) in [6.45, 7) is 0. The Kier molecular flexibility index (Phi) is 5.05. The molecular formula is C15H31N3. The van der Waals surface area contributed by atoms with Crippen molar-refractivity contribution in [2.45, 2.75) is 75.8 Å². The standard InChI is InChI=1S/C15H31N3/c1-18(2)15(10-5-3-4-6-11-15)14(17-16)12-13-8-7-9-13/h13-14,17H,3-12,16H2,1-2H3. The molecule has 2 aliphatic rings. The Morgan fingerprint density at radius 1 is 1.11 bits per heavy atom. The molecule has 2 fully saturated rings. The number of hydrogen-bond donors (Lipinski definition) is 2. The Balaban J connectivity index is 2.08. The van der Waals surface area contributed by atoms with E-state index in [0.29, 0.717) is 11.6 Å². The molecule has 0 saturated heterocycles. The first kappa shape index (κ1) is 14.3. The molecule has 3 nitrogen and oxygen atoms in total. The van der Waals surface area contributed by atoms with Crippen molar-refractivity contribution in [2.75, 3.05) is 14.1 Å². The molecule has 0 bridgehead atoms. The van der Waals surface area contributed by atoms with Gasteiger partial charge in [-0.25, -0.2) is 0 Å². The van der Waals surface area contributed by atoms with Crippen molar-refractivity contribution in [2.24, 2.45) is 11.8 Å². The van der Waals surface area contributed by atoms with E-state index >= 15 is 0 Å². The number of nitrogens with two attached hydrogens (primary N) is 1. The van der Waals surface area contributed by atoms with E-state index in [1.54, 1.807) is 0 Å². The summed E-state index contributed by atoms with van der Waals surface area (Å²) in [7, 11) is 4.49. The van der Waals surface area contributed by atoms with Gasteiger partial charge in [0, 0.05) is 11.6 Å². The van der Waals surface area contributed by atoms with Crippen LogP contribution in [0.1, 0.15) is 64.2 Å². The van der Waals surface area contributed by atoms with E-state index in [4.69, 9.17) is 5.84 Å². The fourth-order valence-electron chi connectivity index (χ4n) is 3.95. The number of nitrogens with one attached hydrogen (secondary N) is 1. The van der Waals surface area contributed by atoms with Crippen molar-refractivity contribution in [3.05, 3.63) is 0 Å². The maximum Gasteiger partial charge on any atom is 0.0397 e. The van der Waals surface area contributed by atoms with E-state index < -0.39 is 0 Å². The van der Waals surface area contributed by atoms with Gasteiger partial charge in [0.2, 0.25) is 0 Å². The normalized spacial score (nSPS) is 26.7. The summed E-state index contributed by atoms with van der Waals surface area (Å²) < 4.78 is 0. The molecule has 106 valence electrons. The lowest BCUT2D eigenvalue weighted by Crippen LogP contribution is -2.61. The minimum Gasteiger partial charge on any atom is -0.302 e. The van der Waals surface area contributed by atoms with Crippen LogP contribution >= 0.6 is 0 Å². The van der Waals surface area contributed by atoms with E-state index in [2.05, 4.69) is 24.4 Å². The summed E-state index contributed by atoms with van der Waals surface area (Å²) in [5.74, 6) is 6.85. The average Bonchev–Trinajstić information content (AvgIpc) is 2.54. The van der Waals surface area contributed by atoms with Crippen molar-refractivity contribution >= 4 is 0 Å². The molecule has 0 spiro atoms. The molecule has 0 radical (unpaired) electrons. The first-order valence-corrected chi connectivity index (χ1v) is 7.82. The van der Waals surface area contributed by atoms with Crippen LogP contribution in [-0.4, -0.2) is 30.6 Å². The van der Waals surface area contributed by atoms with Crippen LogP contribution in [0.2, 0.25) is 0 Å². The molecule has 2 saturated carbocycles. The molecule has 3 heteroatoms. The second kappa shape index (κ2) is 6.36. The highest BCUT2D eigenvalue weighted by atomic mass is 15.3. The van der Waals surface area contributed by atoms with Gasteiger partial charge in [-0.3, -0.25) is 11.3 Å². The lowest BCUT2D eigenvalue weighted by atomic mass is 9.73. The van der Waals surface area contributed by atoms with Gasteiger partial charge in [-0.05, 0) is 39.3 Å². The maximum absolute atomic E-state index is 5.93. The summed E-state index contributed by atoms with van der Waals surface area (Å²) in [5, 5.41) is 0. The molecule has 3 N–H and O–H groups in total. The third kappa shape index (κ3) is 2.89. The molecule has 0 aromatic rings. The molecule has 1 unspecified atom stereocenters. The van der Waals surface area contributed by atoms with E-state index in [9.17, 15) is 0 Å². The third-order valence-corrected chi connectivity index (χ3v) is 5.50. The highest BCUT2D eigenvalue weighted by Gasteiger charge is 2.41. The Hall–Kier alpha value is -0.120. The molecule has 0 heterocycles. The van der Waals surface area contributed by atoms with E-state index in [1.165, 1.54) is 64.2 Å². The molecule has 0 aromatic heterocycles. The molecule has 2 aliphatic carbocycles. The van der Waals surface area contributed by atoms with Crippen molar-refractivity contribution in [3.8, 4) is 0 Å². The summed E-state index contributed by atoms with van der Waals surface area (Å²) in [6.07, 6.45) is 13.7. The van der Waals surface area contributed by atoms with Crippen LogP contribution in [0.15, 0.2) is 0 Å². The topological polar surface area (TPSA) is 41.3 Å². The second-order valence-corrected chi connectivity index (χ2v) is 6.66. The molecule has 0 aromatic carbocycles. The number of nitrogens with zero attached hydrogens (tertiary/aromatic N) is 1. The van der Waals surface area contributed by atoms with Gasteiger partial charge < -0.3 is 4.90 Å². The SMILES string of the molecule is CN(C)C1(C(CC2CCC2)NN)CCCCCC1. The number of rotatable bonds is 5. The van der Waals surface area contributed by atoms with Gasteiger partial charge in [-0.2, -0.15) is 0 Å². The number of likely N-dealkylation sites (N-methyl/N-ethyl adjacent to an activating group) is 1. The van der Waals surface area contributed by atoms with Crippen LogP contribution in [-0.2, 0) is 0 Å². The van der Waals surface area contributed by atoms with Crippen LogP contribution in [0.25, 0.3) is 0 Å². The molecular weight excluding hydrogens is 222 g/mol. The predicted molar refractivity (Wildman–Crippen MR) is 77.2 cm³/mol. The zero-order chi connectivity index (χ0) is 13.0. The third-order valence-electron chi connectivity index (χ3n) is 5.50. The molecule has 1 atom stereocenters. The van der Waals surface area contributed by atoms with E-state index in [1.807, 2.05) is 0 Å². The van der Waals surface area contributed by atoms with Gasteiger partial charge in [0.1, 0.15) is 0 Å².